The van der Waals surface area contributed by atoms with E-state index in [0.29, 0.717) is 6.42 Å². The smallest absolute Gasteiger partial charge is 0.225 e. The average molecular weight is 444 g/mol. The van der Waals surface area contributed by atoms with Crippen LogP contribution in [-0.4, -0.2) is 66.6 Å². The fourth-order valence-corrected chi connectivity index (χ4v) is 2.85. The second kappa shape index (κ2) is 17.3. The molecule has 27 heavy (non-hydrogen) atoms. The van der Waals surface area contributed by atoms with Gasteiger partial charge in [-0.25, -0.2) is 9.97 Å². The number of carbonyl (C=O) groups is 1. The maximum absolute atomic E-state index is 11.8. The zero-order valence-electron chi connectivity index (χ0n) is 15.7. The molecular weight excluding hydrogens is 411 g/mol. The van der Waals surface area contributed by atoms with Gasteiger partial charge in [0.25, 0.3) is 0 Å². The summed E-state index contributed by atoms with van der Waals surface area (Å²) in [5.41, 5.74) is 5.45. The van der Waals surface area contributed by atoms with E-state index in [1.165, 1.54) is 0 Å². The zero-order chi connectivity index (χ0) is 17.0. The number of carbonyl (C=O) groups excluding carboxylic acids is 1. The van der Waals surface area contributed by atoms with Crippen molar-refractivity contribution >= 4 is 49.1 Å². The van der Waals surface area contributed by atoms with Gasteiger partial charge in [-0.2, -0.15) is 0 Å². The number of nitrogens with zero attached hydrogens (tertiary/aromatic N) is 4. The quantitative estimate of drug-likeness (QED) is 0.537. The zero-order valence-corrected chi connectivity index (χ0v) is 18.2. The van der Waals surface area contributed by atoms with Crippen LogP contribution in [0.15, 0.2) is 18.5 Å². The number of amides is 1. The Labute approximate surface area is 181 Å². The predicted octanol–water partition coefficient (Wildman–Crippen LogP) is 1.89. The predicted molar refractivity (Wildman–Crippen MR) is 118 cm³/mol. The molecule has 2 heterocycles. The van der Waals surface area contributed by atoms with Crippen molar-refractivity contribution < 1.29 is 4.79 Å². The molecule has 1 aliphatic heterocycles. The first-order valence-electron chi connectivity index (χ1n) is 9.00. The summed E-state index contributed by atoms with van der Waals surface area (Å²) in [7, 11) is 0. The molecule has 1 aliphatic rings. The number of rotatable bonds is 10. The normalized spacial score (nSPS) is 13.7. The fourth-order valence-electron chi connectivity index (χ4n) is 2.85. The molecule has 0 aliphatic carbocycles. The van der Waals surface area contributed by atoms with Crippen LogP contribution in [0.25, 0.3) is 0 Å². The molecule has 0 spiro atoms. The van der Waals surface area contributed by atoms with Crippen LogP contribution in [0.5, 0.6) is 0 Å². The molecule has 1 saturated heterocycles. The van der Waals surface area contributed by atoms with Crippen LogP contribution in [0, 0.1) is 0 Å². The summed E-state index contributed by atoms with van der Waals surface area (Å²) in [6.45, 7) is 6.19. The monoisotopic (exact) mass is 442 g/mol. The molecule has 1 amide bonds. The third-order valence-electron chi connectivity index (χ3n) is 4.32. The van der Waals surface area contributed by atoms with Crippen LogP contribution in [-0.2, 0) is 4.79 Å². The highest BCUT2D eigenvalue weighted by molar-refractivity contribution is 5.86. The summed E-state index contributed by atoms with van der Waals surface area (Å²) in [6.07, 6.45) is 8.42. The van der Waals surface area contributed by atoms with Gasteiger partial charge >= 0.3 is 0 Å². The molecule has 1 fully saturated rings. The van der Waals surface area contributed by atoms with Gasteiger partial charge in [0.1, 0.15) is 0 Å². The Balaban J connectivity index is 0. The third-order valence-corrected chi connectivity index (χ3v) is 4.32. The minimum absolute atomic E-state index is 0. The van der Waals surface area contributed by atoms with Crippen molar-refractivity contribution in [3.8, 4) is 0 Å². The van der Waals surface area contributed by atoms with Gasteiger partial charge in [-0.1, -0.05) is 12.8 Å². The largest absolute Gasteiger partial charge is 0.355 e. The number of nitrogens with two attached hydrogens (primary N) is 1. The molecule has 0 unspecified atom stereocenters. The van der Waals surface area contributed by atoms with Gasteiger partial charge in [-0.05, 0) is 25.5 Å². The lowest BCUT2D eigenvalue weighted by molar-refractivity contribution is -0.121. The van der Waals surface area contributed by atoms with Gasteiger partial charge in [0.15, 0.2) is 0 Å². The van der Waals surface area contributed by atoms with Crippen molar-refractivity contribution in [1.82, 2.24) is 20.2 Å². The van der Waals surface area contributed by atoms with E-state index in [4.69, 9.17) is 5.73 Å². The van der Waals surface area contributed by atoms with Crippen LogP contribution in [0.2, 0.25) is 0 Å². The highest BCUT2D eigenvalue weighted by atomic mass is 35.5. The van der Waals surface area contributed by atoms with Crippen LogP contribution < -0.4 is 16.0 Å². The summed E-state index contributed by atoms with van der Waals surface area (Å²) in [6, 6.07) is 1.83. The molecule has 7 nitrogen and oxygen atoms in total. The highest BCUT2D eigenvalue weighted by Crippen LogP contribution is 2.09. The van der Waals surface area contributed by atoms with Gasteiger partial charge in [0, 0.05) is 58.1 Å². The number of hydrogen-bond donors (Lipinski definition) is 2. The van der Waals surface area contributed by atoms with Gasteiger partial charge in [-0.3, -0.25) is 9.69 Å². The number of piperazine rings is 1. The molecule has 0 atom stereocenters. The summed E-state index contributed by atoms with van der Waals surface area (Å²) in [4.78, 5) is 24.9. The Hall–Kier alpha value is -0.860. The maximum atomic E-state index is 11.8. The first kappa shape index (κ1) is 28.4. The Morgan fingerprint density at radius 3 is 2.26 bits per heavy atom. The van der Waals surface area contributed by atoms with E-state index in [0.717, 1.165) is 77.4 Å². The van der Waals surface area contributed by atoms with E-state index in [9.17, 15) is 4.79 Å². The SMILES string of the molecule is Cl.Cl.Cl.NCCCCCCC(=O)NCCN1CCN(c2ncccn2)CC1. The summed E-state index contributed by atoms with van der Waals surface area (Å²) in [5.74, 6) is 0.971. The molecule has 0 aromatic carbocycles. The molecule has 0 saturated carbocycles. The molecular formula is C17H33Cl3N6O. The van der Waals surface area contributed by atoms with Crippen LogP contribution in [0.3, 0.4) is 0 Å². The highest BCUT2D eigenvalue weighted by Gasteiger charge is 2.18. The van der Waals surface area contributed by atoms with Crippen LogP contribution in [0.4, 0.5) is 5.95 Å². The molecule has 0 bridgehead atoms. The van der Waals surface area contributed by atoms with Gasteiger partial charge in [0.2, 0.25) is 11.9 Å². The molecule has 1 aromatic heterocycles. The number of aromatic nitrogens is 2. The van der Waals surface area contributed by atoms with Gasteiger partial charge < -0.3 is 16.0 Å². The molecule has 1 aromatic rings. The Morgan fingerprint density at radius 2 is 1.63 bits per heavy atom. The van der Waals surface area contributed by atoms with E-state index in [1.54, 1.807) is 12.4 Å². The first-order valence-corrected chi connectivity index (χ1v) is 9.00. The van der Waals surface area contributed by atoms with Crippen molar-refractivity contribution in [2.24, 2.45) is 5.73 Å². The number of anilines is 1. The minimum Gasteiger partial charge on any atom is -0.355 e. The molecule has 2 rings (SSSR count). The minimum atomic E-state index is 0. The number of hydrogen-bond acceptors (Lipinski definition) is 6. The maximum Gasteiger partial charge on any atom is 0.225 e. The lowest BCUT2D eigenvalue weighted by Crippen LogP contribution is -2.49. The van der Waals surface area contributed by atoms with Crippen LogP contribution >= 0.6 is 37.2 Å². The molecule has 0 radical (unpaired) electrons. The standard InChI is InChI=1S/C17H30N6O.3ClH/c18-7-4-2-1-3-6-16(24)19-10-11-22-12-14-23(15-13-22)17-20-8-5-9-21-17;;;/h5,8-9H,1-4,6-7,10-15,18H2,(H,19,24);3*1H. The van der Waals surface area contributed by atoms with E-state index >= 15 is 0 Å². The van der Waals surface area contributed by atoms with Crippen molar-refractivity contribution in [3.05, 3.63) is 18.5 Å². The second-order valence-electron chi connectivity index (χ2n) is 6.18. The van der Waals surface area contributed by atoms with E-state index in [-0.39, 0.29) is 43.1 Å². The molecule has 3 N–H and O–H groups in total. The Bertz CT molecular complexity index is 475. The van der Waals surface area contributed by atoms with Crippen molar-refractivity contribution in [2.75, 3.05) is 50.7 Å². The summed E-state index contributed by atoms with van der Waals surface area (Å²) in [5, 5.41) is 3.02. The first-order chi connectivity index (χ1) is 11.8. The van der Waals surface area contributed by atoms with Crippen LogP contribution in [0.1, 0.15) is 32.1 Å². The third kappa shape index (κ3) is 11.5. The topological polar surface area (TPSA) is 87.4 Å². The summed E-state index contributed by atoms with van der Waals surface area (Å²) >= 11 is 0. The summed E-state index contributed by atoms with van der Waals surface area (Å²) < 4.78 is 0. The average Bonchev–Trinajstić information content (AvgIpc) is 2.63. The van der Waals surface area contributed by atoms with Crippen molar-refractivity contribution in [3.63, 3.8) is 0 Å². The lowest BCUT2D eigenvalue weighted by atomic mass is 10.1. The molecule has 158 valence electrons. The van der Waals surface area contributed by atoms with E-state index in [1.807, 2.05) is 6.07 Å². The van der Waals surface area contributed by atoms with Gasteiger partial charge in [-0.15, -0.1) is 37.2 Å². The Morgan fingerprint density at radius 1 is 1.00 bits per heavy atom. The number of nitrogens with one attached hydrogen (secondary N) is 1. The van der Waals surface area contributed by atoms with E-state index in [2.05, 4.69) is 25.1 Å². The second-order valence-corrected chi connectivity index (χ2v) is 6.18. The van der Waals surface area contributed by atoms with Crippen molar-refractivity contribution in [2.45, 2.75) is 32.1 Å². The van der Waals surface area contributed by atoms with Crippen molar-refractivity contribution in [1.29, 1.82) is 0 Å². The Kier molecular flexibility index (Phi) is 18.1. The number of unbranched alkanes of at least 4 members (excludes halogenated alkanes) is 3. The molecule has 10 heteroatoms. The number of halogens is 3. The van der Waals surface area contributed by atoms with Gasteiger partial charge in [0.05, 0.1) is 0 Å². The lowest BCUT2D eigenvalue weighted by Gasteiger charge is -2.34. The fraction of sp³-hybridized carbons (Fsp3) is 0.706. The van der Waals surface area contributed by atoms with E-state index < -0.39 is 0 Å².